The van der Waals surface area contributed by atoms with Gasteiger partial charge in [0.1, 0.15) is 23.0 Å². The molecule has 9 heteroatoms. The normalized spacial score (nSPS) is 11.1. The lowest BCUT2D eigenvalue weighted by Crippen LogP contribution is -2.40. The van der Waals surface area contributed by atoms with E-state index >= 15 is 0 Å². The number of hydrogen-bond donors (Lipinski definition) is 1. The minimum Gasteiger partial charge on any atom is -0.495 e. The number of ether oxygens (including phenoxy) is 1. The molecule has 0 unspecified atom stereocenters. The zero-order valence-corrected chi connectivity index (χ0v) is 19.1. The highest BCUT2D eigenvalue weighted by atomic mass is 35.5. The van der Waals surface area contributed by atoms with Gasteiger partial charge in [0, 0.05) is 11.6 Å². The average Bonchev–Trinajstić information content (AvgIpc) is 2.77. The number of amides is 1. The minimum atomic E-state index is -4.22. The number of nitrogens with zero attached hydrogens (tertiary/aromatic N) is 1. The number of hydrogen-bond acceptors (Lipinski definition) is 4. The molecule has 0 aliphatic carbocycles. The smallest absolute Gasteiger partial charge is 0.268 e. The van der Waals surface area contributed by atoms with Gasteiger partial charge in [0.25, 0.3) is 10.0 Å². The van der Waals surface area contributed by atoms with E-state index in [1.165, 1.54) is 25.3 Å². The molecule has 0 saturated heterocycles. The first-order valence-electron chi connectivity index (χ1n) is 9.65. The third-order valence-electron chi connectivity index (χ3n) is 4.72. The molecule has 3 rings (SSSR count). The van der Waals surface area contributed by atoms with Crippen molar-refractivity contribution in [2.24, 2.45) is 0 Å². The Labute approximate surface area is 191 Å². The Hall–Kier alpha value is -3.10. The number of sulfonamides is 1. The maximum atomic E-state index is 13.6. The number of halogens is 2. The van der Waals surface area contributed by atoms with Gasteiger partial charge >= 0.3 is 0 Å². The van der Waals surface area contributed by atoms with Crippen LogP contribution < -0.4 is 14.4 Å². The van der Waals surface area contributed by atoms with Gasteiger partial charge in [-0.2, -0.15) is 0 Å². The average molecular weight is 477 g/mol. The molecule has 32 heavy (non-hydrogen) atoms. The van der Waals surface area contributed by atoms with E-state index in [1.807, 2.05) is 0 Å². The Kier molecular flexibility index (Phi) is 7.37. The predicted octanol–water partition coefficient (Wildman–Crippen LogP) is 4.31. The number of rotatable bonds is 8. The molecule has 0 spiro atoms. The molecule has 0 radical (unpaired) electrons. The van der Waals surface area contributed by atoms with Crippen LogP contribution >= 0.6 is 11.6 Å². The van der Waals surface area contributed by atoms with Crippen LogP contribution in [0.5, 0.6) is 5.75 Å². The van der Waals surface area contributed by atoms with Crippen molar-refractivity contribution in [3.8, 4) is 5.75 Å². The minimum absolute atomic E-state index is 0.0942. The van der Waals surface area contributed by atoms with Gasteiger partial charge in [-0.05, 0) is 60.5 Å². The van der Waals surface area contributed by atoms with Crippen LogP contribution in [0.25, 0.3) is 0 Å². The number of carbonyl (C=O) groups excluding carboxylic acids is 1. The summed E-state index contributed by atoms with van der Waals surface area (Å²) in [5.41, 5.74) is 1.54. The molecule has 0 bridgehead atoms. The van der Waals surface area contributed by atoms with Crippen LogP contribution in [0.3, 0.4) is 0 Å². The summed E-state index contributed by atoms with van der Waals surface area (Å²) in [7, 11) is -2.86. The number of methoxy groups -OCH3 is 1. The first-order valence-corrected chi connectivity index (χ1v) is 11.5. The Morgan fingerprint density at radius 3 is 2.44 bits per heavy atom. The quantitative estimate of drug-likeness (QED) is 0.525. The number of aryl methyl sites for hydroxylation is 1. The molecule has 0 aliphatic heterocycles. The first kappa shape index (κ1) is 23.6. The van der Waals surface area contributed by atoms with Crippen molar-refractivity contribution in [3.05, 3.63) is 88.7 Å². The fraction of sp³-hybridized carbons (Fsp3) is 0.174. The van der Waals surface area contributed by atoms with Gasteiger partial charge in [-0.3, -0.25) is 9.10 Å². The zero-order valence-electron chi connectivity index (χ0n) is 17.5. The largest absolute Gasteiger partial charge is 0.495 e. The second-order valence-electron chi connectivity index (χ2n) is 7.01. The van der Waals surface area contributed by atoms with Crippen LogP contribution in [0.4, 0.5) is 10.1 Å². The van der Waals surface area contributed by atoms with E-state index in [2.05, 4.69) is 5.32 Å². The summed E-state index contributed by atoms with van der Waals surface area (Å²) in [6.07, 6.45) is 0. The molecule has 6 nitrogen and oxygen atoms in total. The molecule has 0 atom stereocenters. The number of carbonyl (C=O) groups is 1. The lowest BCUT2D eigenvalue weighted by Gasteiger charge is -2.25. The van der Waals surface area contributed by atoms with E-state index in [0.717, 1.165) is 16.4 Å². The molecular formula is C23H22ClFN2O4S. The molecule has 0 aliphatic rings. The highest BCUT2D eigenvalue weighted by Gasteiger charge is 2.30. The van der Waals surface area contributed by atoms with E-state index in [1.54, 1.807) is 43.3 Å². The van der Waals surface area contributed by atoms with Crippen LogP contribution in [-0.4, -0.2) is 28.0 Å². The van der Waals surface area contributed by atoms with Gasteiger partial charge in [-0.15, -0.1) is 0 Å². The fourth-order valence-electron chi connectivity index (χ4n) is 3.05. The molecular weight excluding hydrogens is 455 g/mol. The lowest BCUT2D eigenvalue weighted by molar-refractivity contribution is -0.119. The van der Waals surface area contributed by atoms with E-state index in [9.17, 15) is 17.6 Å². The topological polar surface area (TPSA) is 75.7 Å². The summed E-state index contributed by atoms with van der Waals surface area (Å²) in [6, 6.07) is 16.6. The molecule has 3 aromatic rings. The van der Waals surface area contributed by atoms with Crippen LogP contribution in [0, 0.1) is 12.7 Å². The van der Waals surface area contributed by atoms with Crippen LogP contribution in [0.1, 0.15) is 11.1 Å². The molecule has 0 saturated carbocycles. The summed E-state index contributed by atoms with van der Waals surface area (Å²) in [6.45, 7) is 1.36. The Bertz CT molecular complexity index is 1220. The molecule has 168 valence electrons. The van der Waals surface area contributed by atoms with Crippen molar-refractivity contribution in [2.75, 3.05) is 18.0 Å². The van der Waals surface area contributed by atoms with Crippen LogP contribution in [-0.2, 0) is 21.4 Å². The van der Waals surface area contributed by atoms with Crippen LogP contribution in [0.2, 0.25) is 5.02 Å². The van der Waals surface area contributed by atoms with Crippen molar-refractivity contribution in [2.45, 2.75) is 18.4 Å². The number of benzene rings is 3. The van der Waals surface area contributed by atoms with Gasteiger partial charge in [-0.25, -0.2) is 12.8 Å². The van der Waals surface area contributed by atoms with Crippen molar-refractivity contribution < 1.29 is 22.3 Å². The molecule has 1 amide bonds. The third-order valence-corrected chi connectivity index (χ3v) is 6.89. The second-order valence-corrected chi connectivity index (χ2v) is 9.25. The van der Waals surface area contributed by atoms with Crippen molar-refractivity contribution in [1.29, 1.82) is 0 Å². The van der Waals surface area contributed by atoms with Crippen LogP contribution in [0.15, 0.2) is 71.6 Å². The Morgan fingerprint density at radius 1 is 1.09 bits per heavy atom. The van der Waals surface area contributed by atoms with Gasteiger partial charge in [0.05, 0.1) is 12.8 Å². The van der Waals surface area contributed by atoms with E-state index in [-0.39, 0.29) is 22.9 Å². The van der Waals surface area contributed by atoms with E-state index < -0.39 is 28.3 Å². The molecule has 0 heterocycles. The molecule has 0 aromatic heterocycles. The van der Waals surface area contributed by atoms with E-state index in [4.69, 9.17) is 16.3 Å². The maximum absolute atomic E-state index is 13.6. The van der Waals surface area contributed by atoms with Gasteiger partial charge in [-0.1, -0.05) is 35.9 Å². The highest BCUT2D eigenvalue weighted by molar-refractivity contribution is 7.93. The third kappa shape index (κ3) is 5.38. The van der Waals surface area contributed by atoms with E-state index in [0.29, 0.717) is 16.1 Å². The van der Waals surface area contributed by atoms with Crippen molar-refractivity contribution in [1.82, 2.24) is 5.32 Å². The predicted molar refractivity (Wildman–Crippen MR) is 122 cm³/mol. The summed E-state index contributed by atoms with van der Waals surface area (Å²) >= 11 is 6.12. The monoisotopic (exact) mass is 476 g/mol. The number of anilines is 1. The van der Waals surface area contributed by atoms with Gasteiger partial charge in [0.15, 0.2) is 0 Å². The SMILES string of the molecule is COc1ccc(C)cc1S(=O)(=O)N(CC(=O)NCc1ccccc1Cl)c1ccc(F)cc1. The standard InChI is InChI=1S/C23H22ClFN2O4S/c1-16-7-12-21(31-2)22(13-16)32(29,30)27(19-10-8-18(25)9-11-19)15-23(28)26-14-17-5-3-4-6-20(17)24/h3-13H,14-15H2,1-2H3,(H,26,28). The molecule has 0 fully saturated rings. The summed E-state index contributed by atoms with van der Waals surface area (Å²) in [5.74, 6) is -0.939. The summed E-state index contributed by atoms with van der Waals surface area (Å²) in [5, 5.41) is 3.17. The second kappa shape index (κ2) is 10.0. The van der Waals surface area contributed by atoms with Crippen molar-refractivity contribution in [3.63, 3.8) is 0 Å². The lowest BCUT2D eigenvalue weighted by atomic mass is 10.2. The highest BCUT2D eigenvalue weighted by Crippen LogP contribution is 2.31. The summed E-state index contributed by atoms with van der Waals surface area (Å²) in [4.78, 5) is 12.6. The Morgan fingerprint density at radius 2 is 1.78 bits per heavy atom. The van der Waals surface area contributed by atoms with Gasteiger partial charge in [0.2, 0.25) is 5.91 Å². The summed E-state index contributed by atoms with van der Waals surface area (Å²) < 4.78 is 46.8. The van der Waals surface area contributed by atoms with Crippen molar-refractivity contribution >= 4 is 33.2 Å². The fourth-order valence-corrected chi connectivity index (χ4v) is 4.92. The maximum Gasteiger partial charge on any atom is 0.268 e. The van der Waals surface area contributed by atoms with Gasteiger partial charge < -0.3 is 10.1 Å². The number of nitrogens with one attached hydrogen (secondary N) is 1. The molecule has 1 N–H and O–H groups in total. The first-order chi connectivity index (χ1) is 15.2. The Balaban J connectivity index is 1.94. The zero-order chi connectivity index (χ0) is 23.3. The molecule has 3 aromatic carbocycles.